The third-order valence-corrected chi connectivity index (χ3v) is 6.15. The zero-order chi connectivity index (χ0) is 21.8. The van der Waals surface area contributed by atoms with Crippen molar-refractivity contribution in [2.45, 2.75) is 6.92 Å². The lowest BCUT2D eigenvalue weighted by Crippen LogP contribution is -2.44. The van der Waals surface area contributed by atoms with Crippen molar-refractivity contribution in [3.05, 3.63) is 53.6 Å². The molecule has 0 saturated carbocycles. The molecule has 6 nitrogen and oxygen atoms in total. The second-order valence-electron chi connectivity index (χ2n) is 7.28. The molecule has 0 radical (unpaired) electrons. The SMILES string of the molecule is Cc1ccccc1OCC(=O)N(CCN1CCOCC1)c1nc2c(F)cc(F)cc2s1.Cl. The van der Waals surface area contributed by atoms with Crippen molar-refractivity contribution in [1.82, 2.24) is 9.88 Å². The number of nitrogens with zero attached hydrogens (tertiary/aromatic N) is 3. The van der Waals surface area contributed by atoms with Gasteiger partial charge in [0.05, 0.1) is 17.9 Å². The molecule has 10 heteroatoms. The third kappa shape index (κ3) is 5.72. The average molecular weight is 484 g/mol. The fraction of sp³-hybridized carbons (Fsp3) is 0.364. The van der Waals surface area contributed by atoms with Gasteiger partial charge in [-0.3, -0.25) is 14.6 Å². The van der Waals surface area contributed by atoms with Crippen LogP contribution in [0.3, 0.4) is 0 Å². The first-order valence-corrected chi connectivity index (χ1v) is 10.9. The highest BCUT2D eigenvalue weighted by Gasteiger charge is 2.23. The molecule has 1 aliphatic rings. The molecule has 32 heavy (non-hydrogen) atoms. The monoisotopic (exact) mass is 483 g/mol. The Kier molecular flexibility index (Phi) is 8.36. The van der Waals surface area contributed by atoms with E-state index in [1.807, 2.05) is 25.1 Å². The molecule has 172 valence electrons. The van der Waals surface area contributed by atoms with E-state index in [-0.39, 0.29) is 30.4 Å². The Hall–Kier alpha value is -2.33. The van der Waals surface area contributed by atoms with E-state index in [1.165, 1.54) is 11.0 Å². The Bertz CT molecular complexity index is 1080. The summed E-state index contributed by atoms with van der Waals surface area (Å²) in [5.74, 6) is -1.08. The van der Waals surface area contributed by atoms with E-state index in [9.17, 15) is 13.6 Å². The Labute approximate surface area is 195 Å². The highest BCUT2D eigenvalue weighted by Crippen LogP contribution is 2.31. The maximum atomic E-state index is 14.2. The number of hydrogen-bond acceptors (Lipinski definition) is 6. The number of morpholine rings is 1. The van der Waals surface area contributed by atoms with Gasteiger partial charge in [-0.25, -0.2) is 13.8 Å². The lowest BCUT2D eigenvalue weighted by atomic mass is 10.2. The molecular formula is C22H24ClF2N3O3S. The fourth-order valence-corrected chi connectivity index (χ4v) is 4.44. The van der Waals surface area contributed by atoms with Crippen molar-refractivity contribution in [3.8, 4) is 5.75 Å². The Morgan fingerprint density at radius 2 is 2.00 bits per heavy atom. The summed E-state index contributed by atoms with van der Waals surface area (Å²) in [7, 11) is 0. The quantitative estimate of drug-likeness (QED) is 0.507. The van der Waals surface area contributed by atoms with Crippen molar-refractivity contribution < 1.29 is 23.0 Å². The first kappa shape index (κ1) is 24.3. The predicted octanol–water partition coefficient (Wildman–Crippen LogP) is 4.05. The number of fused-ring (bicyclic) bond motifs is 1. The minimum absolute atomic E-state index is 0. The van der Waals surface area contributed by atoms with Crippen molar-refractivity contribution in [1.29, 1.82) is 0 Å². The average Bonchev–Trinajstić information content (AvgIpc) is 3.18. The number of aryl methyl sites for hydroxylation is 1. The molecule has 1 fully saturated rings. The number of halogens is 3. The lowest BCUT2D eigenvalue weighted by Gasteiger charge is -2.29. The molecule has 1 saturated heterocycles. The molecule has 2 heterocycles. The van der Waals surface area contributed by atoms with Crippen molar-refractivity contribution in [3.63, 3.8) is 0 Å². The second kappa shape index (κ2) is 11.0. The van der Waals surface area contributed by atoms with Crippen LogP contribution in [0, 0.1) is 18.6 Å². The maximum absolute atomic E-state index is 14.2. The highest BCUT2D eigenvalue weighted by atomic mass is 35.5. The number of aromatic nitrogens is 1. The fourth-order valence-electron chi connectivity index (χ4n) is 3.39. The smallest absolute Gasteiger partial charge is 0.266 e. The van der Waals surface area contributed by atoms with E-state index >= 15 is 0 Å². The summed E-state index contributed by atoms with van der Waals surface area (Å²) < 4.78 is 39.3. The van der Waals surface area contributed by atoms with Crippen LogP contribution in [-0.2, 0) is 9.53 Å². The van der Waals surface area contributed by atoms with Gasteiger partial charge in [-0.05, 0) is 24.6 Å². The van der Waals surface area contributed by atoms with Gasteiger partial charge in [-0.1, -0.05) is 29.5 Å². The zero-order valence-electron chi connectivity index (χ0n) is 17.6. The molecular weight excluding hydrogens is 460 g/mol. The molecule has 0 spiro atoms. The van der Waals surface area contributed by atoms with E-state index in [4.69, 9.17) is 9.47 Å². The summed E-state index contributed by atoms with van der Waals surface area (Å²) in [6.07, 6.45) is 0. The van der Waals surface area contributed by atoms with Gasteiger partial charge in [0.1, 0.15) is 17.1 Å². The minimum Gasteiger partial charge on any atom is -0.483 e. The Morgan fingerprint density at radius 3 is 2.75 bits per heavy atom. The van der Waals surface area contributed by atoms with E-state index in [2.05, 4.69) is 9.88 Å². The van der Waals surface area contributed by atoms with Gasteiger partial charge in [0.2, 0.25) is 0 Å². The van der Waals surface area contributed by atoms with Crippen LogP contribution >= 0.6 is 23.7 Å². The van der Waals surface area contributed by atoms with E-state index in [1.54, 1.807) is 6.07 Å². The molecule has 0 unspecified atom stereocenters. The Balaban J connectivity index is 0.00000289. The van der Waals surface area contributed by atoms with E-state index in [0.29, 0.717) is 41.9 Å². The molecule has 2 aromatic carbocycles. The normalized spacial score (nSPS) is 14.2. The van der Waals surface area contributed by atoms with Crippen molar-refractivity contribution >= 4 is 45.0 Å². The summed E-state index contributed by atoms with van der Waals surface area (Å²) in [5.41, 5.74) is 0.984. The number of rotatable bonds is 7. The van der Waals surface area contributed by atoms with Crippen molar-refractivity contribution in [2.24, 2.45) is 0 Å². The van der Waals surface area contributed by atoms with Gasteiger partial charge < -0.3 is 9.47 Å². The Morgan fingerprint density at radius 1 is 1.25 bits per heavy atom. The lowest BCUT2D eigenvalue weighted by molar-refractivity contribution is -0.120. The van der Waals surface area contributed by atoms with Crippen LogP contribution < -0.4 is 9.64 Å². The number of anilines is 1. The predicted molar refractivity (Wildman–Crippen MR) is 123 cm³/mol. The first-order chi connectivity index (χ1) is 15.0. The number of benzene rings is 2. The van der Waals surface area contributed by atoms with Crippen LogP contribution in [0.2, 0.25) is 0 Å². The second-order valence-corrected chi connectivity index (χ2v) is 8.29. The molecule has 4 rings (SSSR count). The molecule has 0 bridgehead atoms. The summed E-state index contributed by atoms with van der Waals surface area (Å²) >= 11 is 1.09. The van der Waals surface area contributed by atoms with Crippen LogP contribution in [0.5, 0.6) is 5.75 Å². The summed E-state index contributed by atoms with van der Waals surface area (Å²) in [6.45, 7) is 5.56. The van der Waals surface area contributed by atoms with Gasteiger partial charge in [-0.2, -0.15) is 0 Å². The number of ether oxygens (including phenoxy) is 2. The summed E-state index contributed by atoms with van der Waals surface area (Å²) in [4.78, 5) is 21.1. The number of para-hydroxylation sites is 1. The number of thiazole rings is 1. The highest BCUT2D eigenvalue weighted by molar-refractivity contribution is 7.22. The number of amides is 1. The van der Waals surface area contributed by atoms with Gasteiger partial charge in [0.15, 0.2) is 17.6 Å². The molecule has 0 aliphatic carbocycles. The summed E-state index contributed by atoms with van der Waals surface area (Å²) in [5, 5.41) is 0.325. The van der Waals surface area contributed by atoms with Crippen LogP contribution in [0.25, 0.3) is 10.2 Å². The zero-order valence-corrected chi connectivity index (χ0v) is 19.2. The van der Waals surface area contributed by atoms with Gasteiger partial charge >= 0.3 is 0 Å². The number of hydrogen-bond donors (Lipinski definition) is 0. The molecule has 0 N–H and O–H groups in total. The molecule has 1 aromatic heterocycles. The minimum atomic E-state index is -0.741. The van der Waals surface area contributed by atoms with Gasteiger partial charge in [-0.15, -0.1) is 12.4 Å². The maximum Gasteiger partial charge on any atom is 0.266 e. The van der Waals surface area contributed by atoms with Crippen LogP contribution in [-0.4, -0.2) is 61.8 Å². The molecule has 0 atom stereocenters. The molecule has 1 amide bonds. The largest absolute Gasteiger partial charge is 0.483 e. The van der Waals surface area contributed by atoms with E-state index < -0.39 is 11.6 Å². The van der Waals surface area contributed by atoms with Crippen LogP contribution in [0.15, 0.2) is 36.4 Å². The van der Waals surface area contributed by atoms with Gasteiger partial charge in [0.25, 0.3) is 5.91 Å². The molecule has 3 aromatic rings. The topological polar surface area (TPSA) is 54.9 Å². The number of carbonyl (C=O) groups excluding carboxylic acids is 1. The number of carbonyl (C=O) groups is 1. The molecule has 1 aliphatic heterocycles. The standard InChI is InChI=1S/C22H23F2N3O3S.ClH/c1-15-4-2-3-5-18(15)30-14-20(28)27(7-6-26-8-10-29-11-9-26)22-25-21-17(24)12-16(23)13-19(21)31-22;/h2-5,12-13H,6-11,14H2,1H3;1H. The summed E-state index contributed by atoms with van der Waals surface area (Å²) in [6, 6.07) is 9.47. The van der Waals surface area contributed by atoms with Crippen molar-refractivity contribution in [2.75, 3.05) is 50.9 Å². The van der Waals surface area contributed by atoms with Crippen LogP contribution in [0.4, 0.5) is 13.9 Å². The van der Waals surface area contributed by atoms with Crippen LogP contribution in [0.1, 0.15) is 5.56 Å². The third-order valence-electron chi connectivity index (χ3n) is 5.12. The van der Waals surface area contributed by atoms with Gasteiger partial charge in [0, 0.05) is 32.2 Å². The first-order valence-electron chi connectivity index (χ1n) is 10.1. The van der Waals surface area contributed by atoms with E-state index in [0.717, 1.165) is 36.1 Å².